The summed E-state index contributed by atoms with van der Waals surface area (Å²) in [6.07, 6.45) is 0.781. The molecule has 0 unspecified atom stereocenters. The highest BCUT2D eigenvalue weighted by Gasteiger charge is 2.16. The molecule has 5 heteroatoms. The van der Waals surface area contributed by atoms with E-state index in [0.29, 0.717) is 6.54 Å². The molecule has 0 bridgehead atoms. The van der Waals surface area contributed by atoms with Crippen LogP contribution in [0.15, 0.2) is 95.1 Å². The molecule has 1 N–H and O–H groups in total. The van der Waals surface area contributed by atoms with Crippen molar-refractivity contribution in [3.8, 4) is 11.3 Å². The van der Waals surface area contributed by atoms with Gasteiger partial charge in [0.15, 0.2) is 0 Å². The van der Waals surface area contributed by atoms with Gasteiger partial charge in [-0.15, -0.1) is 0 Å². The van der Waals surface area contributed by atoms with E-state index in [2.05, 4.69) is 29.6 Å². The van der Waals surface area contributed by atoms with Gasteiger partial charge in [0.05, 0.1) is 5.69 Å². The third kappa shape index (κ3) is 5.06. The molecule has 32 heavy (non-hydrogen) atoms. The Kier molecular flexibility index (Phi) is 6.97. The van der Waals surface area contributed by atoms with Gasteiger partial charge < -0.3 is 5.32 Å². The van der Waals surface area contributed by atoms with Crippen LogP contribution in [0.25, 0.3) is 11.3 Å². The molecule has 3 aromatic carbocycles. The van der Waals surface area contributed by atoms with Gasteiger partial charge in [-0.1, -0.05) is 96.3 Å². The summed E-state index contributed by atoms with van der Waals surface area (Å²) < 4.78 is 1.56. The molecule has 4 aromatic rings. The second-order valence-electron chi connectivity index (χ2n) is 7.80. The number of carbonyl (C=O) groups excluding carboxylic acids is 1. The van der Waals surface area contributed by atoms with Crippen molar-refractivity contribution in [1.29, 1.82) is 0 Å². The van der Waals surface area contributed by atoms with E-state index < -0.39 is 0 Å². The smallest absolute Gasteiger partial charge is 0.308 e. The first-order valence-electron chi connectivity index (χ1n) is 10.7. The number of thiazole rings is 1. The van der Waals surface area contributed by atoms with Gasteiger partial charge in [0.1, 0.15) is 6.54 Å². The molecule has 1 aromatic heterocycles. The number of nitrogens with one attached hydrogen (secondary N) is 1. The van der Waals surface area contributed by atoms with Crippen molar-refractivity contribution in [2.75, 3.05) is 6.54 Å². The third-order valence-corrected chi connectivity index (χ3v) is 6.43. The van der Waals surface area contributed by atoms with Crippen molar-refractivity contribution >= 4 is 17.2 Å². The van der Waals surface area contributed by atoms with Crippen LogP contribution in [0.3, 0.4) is 0 Å². The van der Waals surface area contributed by atoms with Crippen molar-refractivity contribution < 1.29 is 4.79 Å². The zero-order chi connectivity index (χ0) is 22.3. The van der Waals surface area contributed by atoms with E-state index in [-0.39, 0.29) is 23.2 Å². The Morgan fingerprint density at radius 2 is 1.50 bits per heavy atom. The Morgan fingerprint density at radius 1 is 0.906 bits per heavy atom. The number of nitrogens with zero attached hydrogens (tertiary/aromatic N) is 1. The van der Waals surface area contributed by atoms with Crippen molar-refractivity contribution in [3.05, 3.63) is 117 Å². The Labute approximate surface area is 192 Å². The van der Waals surface area contributed by atoms with Crippen LogP contribution in [0.5, 0.6) is 0 Å². The van der Waals surface area contributed by atoms with Crippen LogP contribution in [0, 0.1) is 6.92 Å². The van der Waals surface area contributed by atoms with Gasteiger partial charge in [-0.2, -0.15) is 0 Å². The highest BCUT2D eigenvalue weighted by atomic mass is 32.1. The minimum absolute atomic E-state index is 0.0212. The largest absolute Gasteiger partial charge is 0.355 e. The number of carbonyl (C=O) groups is 1. The van der Waals surface area contributed by atoms with Gasteiger partial charge in [-0.25, -0.2) is 0 Å². The summed E-state index contributed by atoms with van der Waals surface area (Å²) in [7, 11) is 0. The minimum atomic E-state index is -0.153. The van der Waals surface area contributed by atoms with E-state index >= 15 is 0 Å². The molecule has 0 aliphatic rings. The van der Waals surface area contributed by atoms with Crippen LogP contribution in [0.4, 0.5) is 0 Å². The van der Waals surface area contributed by atoms with Gasteiger partial charge in [0, 0.05) is 23.4 Å². The highest BCUT2D eigenvalue weighted by molar-refractivity contribution is 7.07. The zero-order valence-corrected chi connectivity index (χ0v) is 18.8. The van der Waals surface area contributed by atoms with Crippen LogP contribution < -0.4 is 10.2 Å². The molecule has 4 nitrogen and oxygen atoms in total. The lowest BCUT2D eigenvalue weighted by atomic mass is 9.88. The number of rotatable bonds is 8. The lowest BCUT2D eigenvalue weighted by Crippen LogP contribution is -2.32. The predicted octanol–water partition coefficient (Wildman–Crippen LogP) is 5.22. The third-order valence-electron chi connectivity index (χ3n) is 5.66. The zero-order valence-electron chi connectivity index (χ0n) is 18.0. The molecule has 4 rings (SSSR count). The summed E-state index contributed by atoms with van der Waals surface area (Å²) in [5.41, 5.74) is 5.30. The predicted molar refractivity (Wildman–Crippen MR) is 131 cm³/mol. The number of aryl methyl sites for hydroxylation is 1. The fourth-order valence-corrected chi connectivity index (χ4v) is 4.76. The SMILES string of the molecule is Cc1ccccc1-c1csc(=O)n1CC(=O)NCCC(c1ccccc1)c1ccccc1. The van der Waals surface area contributed by atoms with E-state index in [4.69, 9.17) is 0 Å². The standard InChI is InChI=1S/C27H26N2O2S/c1-20-10-8-9-15-23(20)25-19-32-27(31)29(25)18-26(30)28-17-16-24(21-11-4-2-5-12-21)22-13-6-3-7-14-22/h2-15,19,24H,16-18H2,1H3,(H,28,30). The highest BCUT2D eigenvalue weighted by Crippen LogP contribution is 2.27. The second kappa shape index (κ2) is 10.2. The second-order valence-corrected chi connectivity index (χ2v) is 8.62. The van der Waals surface area contributed by atoms with Crippen LogP contribution >= 0.6 is 11.3 Å². The molecule has 1 amide bonds. The number of benzene rings is 3. The average Bonchev–Trinajstić information content (AvgIpc) is 3.18. The molecule has 0 aliphatic carbocycles. The summed E-state index contributed by atoms with van der Waals surface area (Å²) in [6, 6.07) is 28.6. The van der Waals surface area contributed by atoms with Crippen molar-refractivity contribution in [2.45, 2.75) is 25.8 Å². The monoisotopic (exact) mass is 442 g/mol. The number of hydrogen-bond donors (Lipinski definition) is 1. The molecule has 0 aliphatic heterocycles. The van der Waals surface area contributed by atoms with Crippen molar-refractivity contribution in [3.63, 3.8) is 0 Å². The van der Waals surface area contributed by atoms with Crippen LogP contribution in [0.2, 0.25) is 0 Å². The van der Waals surface area contributed by atoms with Crippen molar-refractivity contribution in [2.24, 2.45) is 0 Å². The van der Waals surface area contributed by atoms with Gasteiger partial charge in [-0.3, -0.25) is 14.2 Å². The number of hydrogen-bond acceptors (Lipinski definition) is 3. The first-order chi connectivity index (χ1) is 15.6. The van der Waals surface area contributed by atoms with E-state index in [1.807, 2.05) is 73.0 Å². The maximum Gasteiger partial charge on any atom is 0.308 e. The molecule has 0 saturated heterocycles. The van der Waals surface area contributed by atoms with E-state index in [1.54, 1.807) is 4.57 Å². The quantitative estimate of drug-likeness (QED) is 0.407. The van der Waals surface area contributed by atoms with E-state index in [0.717, 1.165) is 34.6 Å². The van der Waals surface area contributed by atoms with Crippen LogP contribution in [0.1, 0.15) is 29.0 Å². The molecule has 0 radical (unpaired) electrons. The van der Waals surface area contributed by atoms with Crippen LogP contribution in [-0.4, -0.2) is 17.0 Å². The van der Waals surface area contributed by atoms with Gasteiger partial charge in [0.2, 0.25) is 5.91 Å². The first-order valence-corrected chi connectivity index (χ1v) is 11.6. The fraction of sp³-hybridized carbons (Fsp3) is 0.185. The number of amides is 1. The van der Waals surface area contributed by atoms with E-state index in [9.17, 15) is 9.59 Å². The Balaban J connectivity index is 1.44. The lowest BCUT2D eigenvalue weighted by Gasteiger charge is -2.18. The normalized spacial score (nSPS) is 10.9. The van der Waals surface area contributed by atoms with E-state index in [1.165, 1.54) is 11.1 Å². The summed E-state index contributed by atoms with van der Waals surface area (Å²) in [5, 5.41) is 4.85. The average molecular weight is 443 g/mol. The first kappa shape index (κ1) is 21.8. The van der Waals surface area contributed by atoms with Gasteiger partial charge in [-0.05, 0) is 30.0 Å². The molecule has 0 spiro atoms. The lowest BCUT2D eigenvalue weighted by molar-refractivity contribution is -0.121. The molecular weight excluding hydrogens is 416 g/mol. The van der Waals surface area contributed by atoms with Crippen molar-refractivity contribution in [1.82, 2.24) is 9.88 Å². The Bertz CT molecular complexity index is 1190. The summed E-state index contributed by atoms with van der Waals surface area (Å²) >= 11 is 1.13. The molecule has 0 atom stereocenters. The maximum absolute atomic E-state index is 12.7. The summed E-state index contributed by atoms with van der Waals surface area (Å²) in [4.78, 5) is 25.0. The Morgan fingerprint density at radius 3 is 2.12 bits per heavy atom. The van der Waals surface area contributed by atoms with Crippen LogP contribution in [-0.2, 0) is 11.3 Å². The maximum atomic E-state index is 12.7. The number of aromatic nitrogens is 1. The van der Waals surface area contributed by atoms with Gasteiger partial charge in [0.25, 0.3) is 0 Å². The summed E-state index contributed by atoms with van der Waals surface area (Å²) in [6.45, 7) is 2.56. The molecule has 1 heterocycles. The fourth-order valence-electron chi connectivity index (χ4n) is 4.00. The molecule has 162 valence electrons. The Hall–Kier alpha value is -3.44. The topological polar surface area (TPSA) is 51.1 Å². The molecule has 0 fully saturated rings. The molecule has 0 saturated carbocycles. The summed E-state index contributed by atoms with van der Waals surface area (Å²) in [5.74, 6) is 0.0457. The minimum Gasteiger partial charge on any atom is -0.355 e. The molecular formula is C27H26N2O2S. The van der Waals surface area contributed by atoms with Gasteiger partial charge >= 0.3 is 4.87 Å².